The van der Waals surface area contributed by atoms with Gasteiger partial charge in [0.2, 0.25) is 0 Å². The number of hydrogen-bond donors (Lipinski definition) is 0. The van der Waals surface area contributed by atoms with Gasteiger partial charge >= 0.3 is 0 Å². The molecule has 1 amide bonds. The van der Waals surface area contributed by atoms with Crippen molar-refractivity contribution in [1.82, 2.24) is 4.90 Å². The summed E-state index contributed by atoms with van der Waals surface area (Å²) in [6.45, 7) is 4.04. The second-order valence-corrected chi connectivity index (χ2v) is 5.49. The normalized spacial score (nSPS) is 24.1. The zero-order chi connectivity index (χ0) is 13.9. The van der Waals surface area contributed by atoms with Crippen molar-refractivity contribution >= 4 is 5.91 Å². The van der Waals surface area contributed by atoms with Crippen LogP contribution in [0, 0.1) is 6.92 Å². The quantitative estimate of drug-likeness (QED) is 0.831. The smallest absolute Gasteiger partial charge is 0.254 e. The van der Waals surface area contributed by atoms with E-state index in [2.05, 4.69) is 0 Å². The molecule has 0 N–H and O–H groups in total. The van der Waals surface area contributed by atoms with Gasteiger partial charge in [-0.05, 0) is 37.8 Å². The van der Waals surface area contributed by atoms with Crippen LogP contribution < -0.4 is 0 Å². The molecule has 2 aliphatic heterocycles. The Balaban J connectivity index is 1.82. The minimum atomic E-state index is -0.247. The fourth-order valence-electron chi connectivity index (χ4n) is 3.06. The third-order valence-electron chi connectivity index (χ3n) is 4.15. The first-order valence-electron chi connectivity index (χ1n) is 7.37. The molecule has 4 heteroatoms. The second-order valence-electron chi connectivity index (χ2n) is 5.49. The fraction of sp³-hybridized carbons (Fsp3) is 0.562. The molecule has 20 heavy (non-hydrogen) atoms. The summed E-state index contributed by atoms with van der Waals surface area (Å²) in [5.74, 6) is 0.104. The third kappa shape index (κ3) is 2.58. The average Bonchev–Trinajstić information content (AvgIpc) is 3.01. The summed E-state index contributed by atoms with van der Waals surface area (Å²) in [7, 11) is 0. The van der Waals surface area contributed by atoms with Gasteiger partial charge in [0.15, 0.2) is 6.29 Å². The molecule has 0 saturated carbocycles. The molecule has 1 aromatic carbocycles. The molecule has 4 nitrogen and oxygen atoms in total. The first-order chi connectivity index (χ1) is 9.77. The molecule has 0 spiro atoms. The summed E-state index contributed by atoms with van der Waals surface area (Å²) in [5.41, 5.74) is 1.81. The number of nitrogens with zero attached hydrogens (tertiary/aromatic N) is 1. The summed E-state index contributed by atoms with van der Waals surface area (Å²) < 4.78 is 11.2. The van der Waals surface area contributed by atoms with Crippen LogP contribution in [0.3, 0.4) is 0 Å². The average molecular weight is 275 g/mol. The van der Waals surface area contributed by atoms with Crippen LogP contribution in [0.25, 0.3) is 0 Å². The van der Waals surface area contributed by atoms with Crippen LogP contribution in [0.2, 0.25) is 0 Å². The van der Waals surface area contributed by atoms with Gasteiger partial charge < -0.3 is 14.4 Å². The molecule has 0 radical (unpaired) electrons. The molecule has 2 heterocycles. The van der Waals surface area contributed by atoms with Crippen molar-refractivity contribution < 1.29 is 14.3 Å². The van der Waals surface area contributed by atoms with E-state index in [0.29, 0.717) is 13.2 Å². The van der Waals surface area contributed by atoms with Crippen LogP contribution in [0.5, 0.6) is 0 Å². The van der Waals surface area contributed by atoms with Crippen molar-refractivity contribution in [2.75, 3.05) is 19.8 Å². The van der Waals surface area contributed by atoms with Crippen molar-refractivity contribution in [2.24, 2.45) is 0 Å². The molecule has 2 aliphatic rings. The number of carbonyl (C=O) groups excluding carboxylic acids is 1. The van der Waals surface area contributed by atoms with E-state index in [-0.39, 0.29) is 18.2 Å². The van der Waals surface area contributed by atoms with Gasteiger partial charge in [0, 0.05) is 12.1 Å². The maximum absolute atomic E-state index is 12.8. The van der Waals surface area contributed by atoms with Crippen LogP contribution >= 0.6 is 0 Å². The van der Waals surface area contributed by atoms with E-state index in [4.69, 9.17) is 9.47 Å². The molecular weight excluding hydrogens is 254 g/mol. The Morgan fingerprint density at radius 3 is 2.70 bits per heavy atom. The van der Waals surface area contributed by atoms with E-state index in [1.165, 1.54) is 0 Å². The Morgan fingerprint density at radius 2 is 1.95 bits per heavy atom. The molecular formula is C16H21NO3. The van der Waals surface area contributed by atoms with E-state index in [0.717, 1.165) is 36.9 Å². The van der Waals surface area contributed by atoms with E-state index >= 15 is 0 Å². The number of likely N-dealkylation sites (tertiary alicyclic amines) is 1. The highest BCUT2D eigenvalue weighted by atomic mass is 16.7. The van der Waals surface area contributed by atoms with Gasteiger partial charge in [-0.25, -0.2) is 0 Å². The van der Waals surface area contributed by atoms with E-state index in [1.807, 2.05) is 36.1 Å². The van der Waals surface area contributed by atoms with Gasteiger partial charge in [-0.3, -0.25) is 4.79 Å². The summed E-state index contributed by atoms with van der Waals surface area (Å²) in [6, 6.07) is 7.82. The molecule has 0 aromatic heterocycles. The Morgan fingerprint density at radius 1 is 1.20 bits per heavy atom. The predicted molar refractivity (Wildman–Crippen MR) is 75.5 cm³/mol. The zero-order valence-corrected chi connectivity index (χ0v) is 11.9. The van der Waals surface area contributed by atoms with Crippen molar-refractivity contribution in [3.8, 4) is 0 Å². The summed E-state index contributed by atoms with van der Waals surface area (Å²) in [4.78, 5) is 14.7. The standard InChI is InChI=1S/C16H21NO3/c1-12-6-2-3-7-13(12)15(18)17-9-5-4-8-14(17)16-19-10-11-20-16/h2-3,6-7,14,16H,4-5,8-11H2,1H3/t14-/m1/s1. The second kappa shape index (κ2) is 5.94. The highest BCUT2D eigenvalue weighted by Crippen LogP contribution is 2.26. The number of benzene rings is 1. The minimum Gasteiger partial charge on any atom is -0.348 e. The number of rotatable bonds is 2. The minimum absolute atomic E-state index is 0.0540. The lowest BCUT2D eigenvalue weighted by atomic mass is 9.99. The predicted octanol–water partition coefficient (Wildman–Crippen LogP) is 2.36. The SMILES string of the molecule is Cc1ccccc1C(=O)N1CCCC[C@@H]1C1OCCO1. The Labute approximate surface area is 119 Å². The molecule has 2 saturated heterocycles. The van der Waals surface area contributed by atoms with Gasteiger partial charge in [0.05, 0.1) is 19.3 Å². The van der Waals surface area contributed by atoms with E-state index in [1.54, 1.807) is 0 Å². The Hall–Kier alpha value is -1.39. The lowest BCUT2D eigenvalue weighted by molar-refractivity contribution is -0.100. The first kappa shape index (κ1) is 13.6. The highest BCUT2D eigenvalue weighted by Gasteiger charge is 2.36. The van der Waals surface area contributed by atoms with Crippen LogP contribution in [0.1, 0.15) is 35.2 Å². The molecule has 1 aromatic rings. The molecule has 0 aliphatic carbocycles. The van der Waals surface area contributed by atoms with Gasteiger partial charge in [0.1, 0.15) is 0 Å². The molecule has 0 bridgehead atoms. The van der Waals surface area contributed by atoms with Crippen LogP contribution in [0.15, 0.2) is 24.3 Å². The largest absolute Gasteiger partial charge is 0.348 e. The van der Waals surface area contributed by atoms with Crippen molar-refractivity contribution in [1.29, 1.82) is 0 Å². The highest BCUT2D eigenvalue weighted by molar-refractivity contribution is 5.95. The Bertz CT molecular complexity index is 482. The van der Waals surface area contributed by atoms with Gasteiger partial charge in [-0.2, -0.15) is 0 Å². The molecule has 108 valence electrons. The zero-order valence-electron chi connectivity index (χ0n) is 11.9. The number of piperidine rings is 1. The van der Waals surface area contributed by atoms with Crippen LogP contribution in [-0.4, -0.2) is 42.9 Å². The van der Waals surface area contributed by atoms with Crippen LogP contribution in [-0.2, 0) is 9.47 Å². The number of ether oxygens (including phenoxy) is 2. The summed E-state index contributed by atoms with van der Waals surface area (Å²) in [6.07, 6.45) is 2.90. The molecule has 2 fully saturated rings. The monoisotopic (exact) mass is 275 g/mol. The van der Waals surface area contributed by atoms with Gasteiger partial charge in [-0.1, -0.05) is 18.2 Å². The van der Waals surface area contributed by atoms with Gasteiger partial charge in [0.25, 0.3) is 5.91 Å². The Kier molecular flexibility index (Phi) is 4.03. The molecule has 3 rings (SSSR count). The lowest BCUT2D eigenvalue weighted by Gasteiger charge is -2.38. The number of hydrogen-bond acceptors (Lipinski definition) is 3. The number of carbonyl (C=O) groups is 1. The van der Waals surface area contributed by atoms with Crippen molar-refractivity contribution in [3.05, 3.63) is 35.4 Å². The van der Waals surface area contributed by atoms with Crippen molar-refractivity contribution in [3.63, 3.8) is 0 Å². The van der Waals surface area contributed by atoms with E-state index < -0.39 is 0 Å². The molecule has 1 atom stereocenters. The number of aryl methyl sites for hydroxylation is 1. The topological polar surface area (TPSA) is 38.8 Å². The maximum Gasteiger partial charge on any atom is 0.254 e. The van der Waals surface area contributed by atoms with E-state index in [9.17, 15) is 4.79 Å². The van der Waals surface area contributed by atoms with Gasteiger partial charge in [-0.15, -0.1) is 0 Å². The fourth-order valence-corrected chi connectivity index (χ4v) is 3.06. The summed E-state index contributed by atoms with van der Waals surface area (Å²) >= 11 is 0. The third-order valence-corrected chi connectivity index (χ3v) is 4.15. The van der Waals surface area contributed by atoms with Crippen LogP contribution in [0.4, 0.5) is 0 Å². The molecule has 0 unspecified atom stereocenters. The van der Waals surface area contributed by atoms with Crippen molar-refractivity contribution in [2.45, 2.75) is 38.5 Å². The summed E-state index contributed by atoms with van der Waals surface area (Å²) in [5, 5.41) is 0. The maximum atomic E-state index is 12.8. The number of amides is 1. The first-order valence-corrected chi connectivity index (χ1v) is 7.37. The lowest BCUT2D eigenvalue weighted by Crippen LogP contribution is -2.50.